The monoisotopic (exact) mass is 285 g/mol. The molecule has 108 valence electrons. The summed E-state index contributed by atoms with van der Waals surface area (Å²) >= 11 is 0. The van der Waals surface area contributed by atoms with E-state index in [4.69, 9.17) is 0 Å². The van der Waals surface area contributed by atoms with Gasteiger partial charge >= 0.3 is 0 Å². The van der Waals surface area contributed by atoms with Gasteiger partial charge in [0.1, 0.15) is 6.54 Å². The van der Waals surface area contributed by atoms with Gasteiger partial charge in [-0.3, -0.25) is 19.4 Å². The summed E-state index contributed by atoms with van der Waals surface area (Å²) in [6.07, 6.45) is 15.1. The Morgan fingerprint density at radius 3 is 1.90 bits per heavy atom. The molecular formula is C16H15NO4. The first-order valence-corrected chi connectivity index (χ1v) is 6.26. The normalized spacial score (nSPS) is 14.9. The van der Waals surface area contributed by atoms with Crippen LogP contribution in [0.5, 0.6) is 0 Å². The Morgan fingerprint density at radius 1 is 0.905 bits per heavy atom. The van der Waals surface area contributed by atoms with E-state index in [1.54, 1.807) is 24.4 Å². The molecule has 5 nitrogen and oxygen atoms in total. The first-order chi connectivity index (χ1) is 10.2. The molecule has 21 heavy (non-hydrogen) atoms. The van der Waals surface area contributed by atoms with E-state index < -0.39 is 0 Å². The molecule has 0 saturated heterocycles. The van der Waals surface area contributed by atoms with E-state index in [2.05, 4.69) is 9.41 Å². The topological polar surface area (TPSA) is 76.7 Å². The molecule has 1 aromatic rings. The maximum absolute atomic E-state index is 10.3. The van der Waals surface area contributed by atoms with Gasteiger partial charge in [0.25, 0.3) is 0 Å². The zero-order chi connectivity index (χ0) is 15.3. The molecule has 0 aromatic carbocycles. The molecule has 0 spiro atoms. The number of nitrogens with zero attached hydrogens (tertiary/aromatic N) is 1. The fraction of sp³-hybridized carbons (Fsp3) is 0.125. The van der Waals surface area contributed by atoms with Crippen LogP contribution in [0.3, 0.4) is 0 Å². The highest BCUT2D eigenvalue weighted by molar-refractivity contribution is 5.98. The molecule has 1 aliphatic heterocycles. The van der Waals surface area contributed by atoms with E-state index in [1.807, 2.05) is 12.2 Å². The minimum absolute atomic E-state index is 0.0220. The number of dihydropyridines is 1. The van der Waals surface area contributed by atoms with Crippen LogP contribution in [-0.2, 0) is 9.59 Å². The molecule has 0 radical (unpaired) electrons. The molecule has 3 rings (SSSR count). The second-order valence-electron chi connectivity index (χ2n) is 3.92. The lowest BCUT2D eigenvalue weighted by Gasteiger charge is -1.88. The number of carbonyl (C=O) groups excluding carboxylic acids is 2. The zero-order valence-corrected chi connectivity index (χ0v) is 11.3. The highest BCUT2D eigenvalue weighted by Crippen LogP contribution is 1.94. The van der Waals surface area contributed by atoms with Crippen molar-refractivity contribution in [1.29, 1.82) is 0 Å². The maximum atomic E-state index is 10.3. The quantitative estimate of drug-likeness (QED) is 0.729. The third-order valence-electron chi connectivity index (χ3n) is 2.19. The van der Waals surface area contributed by atoms with E-state index in [-0.39, 0.29) is 17.0 Å². The smallest absolute Gasteiger partial charge is 0.184 e. The average Bonchev–Trinajstić information content (AvgIpc) is 2.51. The molecule has 2 heterocycles. The summed E-state index contributed by atoms with van der Waals surface area (Å²) in [5, 5.41) is 0. The minimum Gasteiger partial charge on any atom is -0.472 e. The SMILES string of the molecule is O=C1C=CC=CC1.O=C1C=CC=NC1.O=c1ccocc1. The van der Waals surface area contributed by atoms with Gasteiger partial charge in [-0.1, -0.05) is 18.2 Å². The van der Waals surface area contributed by atoms with E-state index >= 15 is 0 Å². The van der Waals surface area contributed by atoms with Gasteiger partial charge in [0, 0.05) is 24.8 Å². The second-order valence-corrected chi connectivity index (χ2v) is 3.92. The van der Waals surface area contributed by atoms with Crippen LogP contribution in [0.2, 0.25) is 0 Å². The standard InChI is InChI=1S/C6H6O.C5H5NO.C5H4O2/c7-6-4-2-1-3-5-6;7-5-2-1-3-6-4-5;6-5-1-3-7-4-2-5/h1-4H,5H2;1-3H,4H2;1-4H. The van der Waals surface area contributed by atoms with Gasteiger partial charge in [-0.2, -0.15) is 0 Å². The predicted octanol–water partition coefficient (Wildman–Crippen LogP) is 1.91. The Labute approximate surface area is 122 Å². The van der Waals surface area contributed by atoms with Crippen molar-refractivity contribution in [2.45, 2.75) is 6.42 Å². The van der Waals surface area contributed by atoms with Crippen LogP contribution in [0, 0.1) is 0 Å². The number of allylic oxidation sites excluding steroid dienone is 5. The Morgan fingerprint density at radius 2 is 1.62 bits per heavy atom. The van der Waals surface area contributed by atoms with Crippen molar-refractivity contribution in [2.75, 3.05) is 6.54 Å². The van der Waals surface area contributed by atoms with Gasteiger partial charge in [-0.15, -0.1) is 0 Å². The van der Waals surface area contributed by atoms with Crippen molar-refractivity contribution in [1.82, 2.24) is 0 Å². The van der Waals surface area contributed by atoms with Crippen LogP contribution in [0.1, 0.15) is 6.42 Å². The fourth-order valence-corrected chi connectivity index (χ4v) is 1.21. The lowest BCUT2D eigenvalue weighted by Crippen LogP contribution is -2.00. The highest BCUT2D eigenvalue weighted by atomic mass is 16.3. The highest BCUT2D eigenvalue weighted by Gasteiger charge is 1.93. The molecule has 0 saturated carbocycles. The Bertz CT molecular complexity index is 584. The van der Waals surface area contributed by atoms with Gasteiger partial charge in [-0.05, 0) is 18.2 Å². The minimum atomic E-state index is -0.0220. The molecule has 0 N–H and O–H groups in total. The van der Waals surface area contributed by atoms with Gasteiger partial charge in [0.2, 0.25) is 0 Å². The molecule has 0 fully saturated rings. The first kappa shape index (κ1) is 16.2. The Kier molecular flexibility index (Phi) is 7.75. The summed E-state index contributed by atoms with van der Waals surface area (Å²) in [7, 11) is 0. The molecule has 5 heteroatoms. The van der Waals surface area contributed by atoms with Crippen molar-refractivity contribution in [3.63, 3.8) is 0 Å². The zero-order valence-electron chi connectivity index (χ0n) is 11.3. The third kappa shape index (κ3) is 8.83. The van der Waals surface area contributed by atoms with Gasteiger partial charge in [0.05, 0.1) is 12.5 Å². The average molecular weight is 285 g/mol. The summed E-state index contributed by atoms with van der Waals surface area (Å²) in [5.41, 5.74) is -0.0220. The van der Waals surface area contributed by atoms with Gasteiger partial charge < -0.3 is 4.42 Å². The van der Waals surface area contributed by atoms with Gasteiger partial charge in [0.15, 0.2) is 17.0 Å². The number of hydrogen-bond acceptors (Lipinski definition) is 5. The van der Waals surface area contributed by atoms with Gasteiger partial charge in [-0.25, -0.2) is 0 Å². The molecule has 0 bridgehead atoms. The Hall–Kier alpha value is -2.82. The molecule has 2 aliphatic rings. The Balaban J connectivity index is 0.000000157. The number of carbonyl (C=O) groups is 2. The van der Waals surface area contributed by atoms with Crippen molar-refractivity contribution in [3.8, 4) is 0 Å². The molecular weight excluding hydrogens is 270 g/mol. The van der Waals surface area contributed by atoms with E-state index in [0.29, 0.717) is 13.0 Å². The maximum Gasteiger partial charge on any atom is 0.184 e. The lowest BCUT2D eigenvalue weighted by molar-refractivity contribution is -0.114. The van der Waals surface area contributed by atoms with Crippen LogP contribution >= 0.6 is 0 Å². The number of aliphatic imine (C=N–C) groups is 1. The first-order valence-electron chi connectivity index (χ1n) is 6.26. The number of rotatable bonds is 0. The van der Waals surface area contributed by atoms with Crippen LogP contribution < -0.4 is 5.43 Å². The van der Waals surface area contributed by atoms with Crippen LogP contribution in [0.25, 0.3) is 0 Å². The largest absolute Gasteiger partial charge is 0.472 e. The summed E-state index contributed by atoms with van der Waals surface area (Å²) in [4.78, 5) is 34.5. The summed E-state index contributed by atoms with van der Waals surface area (Å²) in [6.45, 7) is 0.330. The molecule has 0 amide bonds. The number of ketones is 2. The second kappa shape index (κ2) is 10.0. The molecule has 0 atom stereocenters. The fourth-order valence-electron chi connectivity index (χ4n) is 1.21. The van der Waals surface area contributed by atoms with Crippen LogP contribution in [0.4, 0.5) is 0 Å². The van der Waals surface area contributed by atoms with E-state index in [9.17, 15) is 14.4 Å². The van der Waals surface area contributed by atoms with E-state index in [1.165, 1.54) is 30.7 Å². The summed E-state index contributed by atoms with van der Waals surface area (Å²) in [5.74, 6) is 0.282. The van der Waals surface area contributed by atoms with Crippen LogP contribution in [0.15, 0.2) is 75.3 Å². The van der Waals surface area contributed by atoms with E-state index in [0.717, 1.165) is 0 Å². The predicted molar refractivity (Wildman–Crippen MR) is 80.4 cm³/mol. The van der Waals surface area contributed by atoms with Crippen molar-refractivity contribution < 1.29 is 14.0 Å². The number of hydrogen-bond donors (Lipinski definition) is 0. The molecule has 0 unspecified atom stereocenters. The molecule has 1 aliphatic carbocycles. The third-order valence-corrected chi connectivity index (χ3v) is 2.19. The van der Waals surface area contributed by atoms with Crippen molar-refractivity contribution in [2.24, 2.45) is 4.99 Å². The lowest BCUT2D eigenvalue weighted by atomic mass is 10.2. The summed E-state index contributed by atoms with van der Waals surface area (Å²) < 4.78 is 4.56. The molecule has 1 aromatic heterocycles. The van der Waals surface area contributed by atoms with Crippen molar-refractivity contribution >= 4 is 17.8 Å². The van der Waals surface area contributed by atoms with Crippen LogP contribution in [-0.4, -0.2) is 24.3 Å². The summed E-state index contributed by atoms with van der Waals surface area (Å²) in [6, 6.07) is 2.72. The van der Waals surface area contributed by atoms with Crippen molar-refractivity contribution in [3.05, 3.63) is 71.3 Å².